The van der Waals surface area contributed by atoms with E-state index in [0.717, 1.165) is 16.7 Å². The molecule has 0 saturated carbocycles. The first-order valence-corrected chi connectivity index (χ1v) is 8.69. The van der Waals surface area contributed by atoms with Crippen molar-refractivity contribution < 1.29 is 15.0 Å². The molecule has 0 spiro atoms. The molecule has 4 rings (SSSR count). The van der Waals surface area contributed by atoms with Gasteiger partial charge in [-0.3, -0.25) is 9.48 Å². The van der Waals surface area contributed by atoms with Crippen LogP contribution in [0.1, 0.15) is 23.6 Å². The maximum Gasteiger partial charge on any atom is 0.224 e. The molecule has 3 aromatic rings. The average molecular weight is 355 g/mol. The van der Waals surface area contributed by atoms with E-state index in [9.17, 15) is 15.0 Å². The predicted molar refractivity (Wildman–Crippen MR) is 93.8 cm³/mol. The lowest BCUT2D eigenvalue weighted by Gasteiger charge is -2.28. The average Bonchev–Trinajstić information content (AvgIpc) is 3.25. The van der Waals surface area contributed by atoms with Crippen LogP contribution in [-0.2, 0) is 37.6 Å². The number of fused-ring (bicyclic) bond motifs is 2. The van der Waals surface area contributed by atoms with Gasteiger partial charge in [0.25, 0.3) is 0 Å². The van der Waals surface area contributed by atoms with Gasteiger partial charge in [-0.2, -0.15) is 5.10 Å². The minimum Gasteiger partial charge on any atom is -0.390 e. The molecule has 2 N–H and O–H groups in total. The van der Waals surface area contributed by atoms with Gasteiger partial charge in [0.15, 0.2) is 0 Å². The summed E-state index contributed by atoms with van der Waals surface area (Å²) in [6.45, 7) is 1.98. The van der Waals surface area contributed by atoms with E-state index in [1.54, 1.807) is 0 Å². The summed E-state index contributed by atoms with van der Waals surface area (Å²) in [6.07, 6.45) is 0.342. The molecule has 0 aliphatic carbocycles. The summed E-state index contributed by atoms with van der Waals surface area (Å²) in [7, 11) is 0. The molecular weight excluding hydrogens is 334 g/mol. The van der Waals surface area contributed by atoms with E-state index in [4.69, 9.17) is 0 Å². The number of nitrogens with zero attached hydrogens (tertiary/aromatic N) is 5. The van der Waals surface area contributed by atoms with Gasteiger partial charge in [-0.1, -0.05) is 12.1 Å². The van der Waals surface area contributed by atoms with Crippen molar-refractivity contribution in [3.8, 4) is 0 Å². The van der Waals surface area contributed by atoms with Crippen LogP contribution in [-0.4, -0.2) is 46.9 Å². The molecule has 0 atom stereocenters. The van der Waals surface area contributed by atoms with Gasteiger partial charge in [0.05, 0.1) is 42.1 Å². The highest BCUT2D eigenvalue weighted by atomic mass is 16.3. The largest absolute Gasteiger partial charge is 0.390 e. The third kappa shape index (κ3) is 2.97. The predicted octanol–water partition coefficient (Wildman–Crippen LogP) is 0.650. The number of aliphatic hydroxyl groups excluding tert-OH is 2. The number of rotatable bonds is 5. The fraction of sp³-hybridized carbons (Fsp3) is 0.389. The van der Waals surface area contributed by atoms with Crippen molar-refractivity contribution in [1.29, 1.82) is 0 Å². The molecule has 0 unspecified atom stereocenters. The Morgan fingerprint density at radius 3 is 2.81 bits per heavy atom. The number of para-hydroxylation sites is 2. The van der Waals surface area contributed by atoms with Gasteiger partial charge in [-0.05, 0) is 18.2 Å². The summed E-state index contributed by atoms with van der Waals surface area (Å²) < 4.78 is 3.76. The maximum absolute atomic E-state index is 12.7. The molecule has 0 radical (unpaired) electrons. The van der Waals surface area contributed by atoms with E-state index in [1.807, 2.05) is 44.5 Å². The quantitative estimate of drug-likeness (QED) is 0.700. The zero-order valence-electron chi connectivity index (χ0n) is 14.4. The van der Waals surface area contributed by atoms with E-state index in [1.165, 1.54) is 0 Å². The highest BCUT2D eigenvalue weighted by molar-refractivity contribution is 5.78. The smallest absolute Gasteiger partial charge is 0.224 e. The lowest BCUT2D eigenvalue weighted by molar-refractivity contribution is -0.132. The number of amides is 1. The van der Waals surface area contributed by atoms with Gasteiger partial charge >= 0.3 is 0 Å². The van der Waals surface area contributed by atoms with Gasteiger partial charge in [-0.15, -0.1) is 0 Å². The zero-order chi connectivity index (χ0) is 18.1. The van der Waals surface area contributed by atoms with Crippen molar-refractivity contribution in [2.24, 2.45) is 0 Å². The number of carbonyl (C=O) groups excluding carboxylic acids is 1. The highest BCUT2D eigenvalue weighted by Gasteiger charge is 2.22. The second-order valence-electron chi connectivity index (χ2n) is 6.40. The molecule has 1 aromatic carbocycles. The molecule has 3 heterocycles. The van der Waals surface area contributed by atoms with Crippen LogP contribution in [0, 0.1) is 0 Å². The van der Waals surface area contributed by atoms with Crippen LogP contribution in [0.3, 0.4) is 0 Å². The Kier molecular flexibility index (Phi) is 4.44. The number of aryl methyl sites for hydroxylation is 1. The van der Waals surface area contributed by atoms with Gasteiger partial charge in [0.2, 0.25) is 5.91 Å². The van der Waals surface area contributed by atoms with Crippen LogP contribution in [0.5, 0.6) is 0 Å². The molecule has 26 heavy (non-hydrogen) atoms. The number of imidazole rings is 1. The van der Waals surface area contributed by atoms with Crippen molar-refractivity contribution in [1.82, 2.24) is 24.2 Å². The summed E-state index contributed by atoms with van der Waals surface area (Å²) >= 11 is 0. The SMILES string of the molecule is O=C(CCn1c(CO)nc2ccccc21)N1CCn2nc(CO)cc2C1. The van der Waals surface area contributed by atoms with Gasteiger partial charge < -0.3 is 19.7 Å². The van der Waals surface area contributed by atoms with E-state index < -0.39 is 0 Å². The number of carbonyl (C=O) groups is 1. The lowest BCUT2D eigenvalue weighted by Crippen LogP contribution is -2.38. The Bertz CT molecular complexity index is 946. The van der Waals surface area contributed by atoms with Crippen LogP contribution < -0.4 is 0 Å². The van der Waals surface area contributed by atoms with Crippen LogP contribution in [0.25, 0.3) is 11.0 Å². The number of benzene rings is 1. The molecule has 1 amide bonds. The fourth-order valence-electron chi connectivity index (χ4n) is 3.48. The van der Waals surface area contributed by atoms with Crippen molar-refractivity contribution in [2.75, 3.05) is 6.54 Å². The number of hydrogen-bond donors (Lipinski definition) is 2. The lowest BCUT2D eigenvalue weighted by atomic mass is 10.2. The molecule has 8 nitrogen and oxygen atoms in total. The first-order chi connectivity index (χ1) is 12.7. The van der Waals surface area contributed by atoms with Crippen molar-refractivity contribution in [2.45, 2.75) is 39.3 Å². The normalized spacial score (nSPS) is 14.0. The van der Waals surface area contributed by atoms with Gasteiger partial charge in [0, 0.05) is 19.5 Å². The molecular formula is C18H21N5O3. The molecule has 2 aromatic heterocycles. The minimum absolute atomic E-state index is 0.0599. The zero-order valence-corrected chi connectivity index (χ0v) is 14.4. The Hall–Kier alpha value is -2.71. The van der Waals surface area contributed by atoms with Crippen LogP contribution >= 0.6 is 0 Å². The van der Waals surface area contributed by atoms with Crippen molar-refractivity contribution in [3.63, 3.8) is 0 Å². The number of hydrogen-bond acceptors (Lipinski definition) is 5. The van der Waals surface area contributed by atoms with Crippen molar-refractivity contribution in [3.05, 3.63) is 47.5 Å². The van der Waals surface area contributed by atoms with Crippen molar-refractivity contribution >= 4 is 16.9 Å². The van der Waals surface area contributed by atoms with Crippen LogP contribution in [0.4, 0.5) is 0 Å². The summed E-state index contributed by atoms with van der Waals surface area (Å²) in [5, 5.41) is 23.1. The first kappa shape index (κ1) is 16.7. The van der Waals surface area contributed by atoms with E-state index >= 15 is 0 Å². The van der Waals surface area contributed by atoms with E-state index in [0.29, 0.717) is 44.1 Å². The molecule has 8 heteroatoms. The Morgan fingerprint density at radius 1 is 1.15 bits per heavy atom. The maximum atomic E-state index is 12.7. The monoisotopic (exact) mass is 355 g/mol. The number of aliphatic hydroxyl groups is 2. The Balaban J connectivity index is 1.46. The third-order valence-electron chi connectivity index (χ3n) is 4.79. The van der Waals surface area contributed by atoms with E-state index in [-0.39, 0.29) is 19.1 Å². The molecule has 0 fully saturated rings. The summed E-state index contributed by atoms with van der Waals surface area (Å²) in [6, 6.07) is 9.52. The third-order valence-corrected chi connectivity index (χ3v) is 4.79. The summed E-state index contributed by atoms with van der Waals surface area (Å²) in [4.78, 5) is 18.9. The van der Waals surface area contributed by atoms with Crippen LogP contribution in [0.2, 0.25) is 0 Å². The minimum atomic E-state index is -0.157. The van der Waals surface area contributed by atoms with Gasteiger partial charge in [0.1, 0.15) is 12.4 Å². The molecule has 136 valence electrons. The fourth-order valence-corrected chi connectivity index (χ4v) is 3.48. The molecule has 0 saturated heterocycles. The molecule has 1 aliphatic heterocycles. The van der Waals surface area contributed by atoms with Crippen LogP contribution in [0.15, 0.2) is 30.3 Å². The Labute approximate surface area is 150 Å². The molecule has 1 aliphatic rings. The summed E-state index contributed by atoms with van der Waals surface area (Å²) in [5.41, 5.74) is 3.32. The summed E-state index contributed by atoms with van der Waals surface area (Å²) in [5.74, 6) is 0.632. The first-order valence-electron chi connectivity index (χ1n) is 8.69. The second-order valence-corrected chi connectivity index (χ2v) is 6.40. The highest BCUT2D eigenvalue weighted by Crippen LogP contribution is 2.18. The van der Waals surface area contributed by atoms with E-state index in [2.05, 4.69) is 10.1 Å². The second kappa shape index (κ2) is 6.89. The Morgan fingerprint density at radius 2 is 2.00 bits per heavy atom. The van der Waals surface area contributed by atoms with Gasteiger partial charge in [-0.25, -0.2) is 4.98 Å². The topological polar surface area (TPSA) is 96.4 Å². The molecule has 0 bridgehead atoms. The standard InChI is InChI=1S/C18H21N5O3/c24-11-13-9-14-10-21(7-8-23(14)20-13)18(26)5-6-22-16-4-2-1-3-15(16)19-17(22)12-25/h1-4,9,24-25H,5-8,10-12H2. The number of aromatic nitrogens is 4.